The number of halogens is 1. The lowest BCUT2D eigenvalue weighted by Crippen LogP contribution is -2.28. The van der Waals surface area contributed by atoms with Gasteiger partial charge in [0.15, 0.2) is 6.61 Å². The van der Waals surface area contributed by atoms with Crippen molar-refractivity contribution in [2.45, 2.75) is 13.5 Å². The van der Waals surface area contributed by atoms with Crippen LogP contribution >= 0.6 is 0 Å². The molecule has 1 aromatic carbocycles. The van der Waals surface area contributed by atoms with Crippen molar-refractivity contribution in [3.05, 3.63) is 59.3 Å². The van der Waals surface area contributed by atoms with E-state index in [9.17, 15) is 14.0 Å². The highest BCUT2D eigenvalue weighted by atomic mass is 19.1. The van der Waals surface area contributed by atoms with E-state index in [0.717, 1.165) is 0 Å². The Labute approximate surface area is 120 Å². The van der Waals surface area contributed by atoms with E-state index in [2.05, 4.69) is 5.32 Å². The highest BCUT2D eigenvalue weighted by molar-refractivity contribution is 5.92. The fourth-order valence-electron chi connectivity index (χ4n) is 1.69. The van der Waals surface area contributed by atoms with E-state index < -0.39 is 24.3 Å². The van der Waals surface area contributed by atoms with E-state index in [0.29, 0.717) is 11.3 Å². The highest BCUT2D eigenvalue weighted by Gasteiger charge is 2.14. The lowest BCUT2D eigenvalue weighted by atomic mass is 10.2. The van der Waals surface area contributed by atoms with Crippen LogP contribution in [0.1, 0.15) is 21.7 Å². The van der Waals surface area contributed by atoms with E-state index >= 15 is 0 Å². The molecule has 1 aromatic heterocycles. The molecule has 0 unspecified atom stereocenters. The molecule has 0 bridgehead atoms. The molecule has 0 spiro atoms. The molecule has 2 aromatic rings. The Balaban J connectivity index is 1.79. The molecule has 0 fully saturated rings. The molecular formula is C15H14FNO4. The third-order valence-corrected chi connectivity index (χ3v) is 2.85. The van der Waals surface area contributed by atoms with E-state index in [1.54, 1.807) is 25.1 Å². The minimum atomic E-state index is -0.637. The number of hydrogen-bond donors (Lipinski definition) is 1. The summed E-state index contributed by atoms with van der Waals surface area (Å²) in [4.78, 5) is 23.2. The average Bonchev–Trinajstić information content (AvgIpc) is 2.90. The molecule has 2 rings (SSSR count). The molecule has 5 nitrogen and oxygen atoms in total. The predicted molar refractivity (Wildman–Crippen MR) is 72.0 cm³/mol. The predicted octanol–water partition coefficient (Wildman–Crippen LogP) is 2.20. The molecule has 1 heterocycles. The molecule has 0 aliphatic carbocycles. The van der Waals surface area contributed by atoms with E-state index in [-0.39, 0.29) is 12.1 Å². The maximum atomic E-state index is 13.3. The topological polar surface area (TPSA) is 68.5 Å². The first-order valence-corrected chi connectivity index (χ1v) is 6.29. The van der Waals surface area contributed by atoms with E-state index in [1.165, 1.54) is 18.4 Å². The van der Waals surface area contributed by atoms with Gasteiger partial charge in [-0.15, -0.1) is 0 Å². The lowest BCUT2D eigenvalue weighted by Gasteiger charge is -2.07. The molecule has 21 heavy (non-hydrogen) atoms. The fraction of sp³-hybridized carbons (Fsp3) is 0.200. The Morgan fingerprint density at radius 3 is 2.71 bits per heavy atom. The SMILES string of the molecule is Cc1occc1C(=O)OCC(=O)NCc1ccccc1F. The first-order valence-electron chi connectivity index (χ1n) is 6.29. The number of carbonyl (C=O) groups is 2. The lowest BCUT2D eigenvalue weighted by molar-refractivity contribution is -0.124. The third-order valence-electron chi connectivity index (χ3n) is 2.85. The van der Waals surface area contributed by atoms with Crippen molar-refractivity contribution >= 4 is 11.9 Å². The van der Waals surface area contributed by atoms with Crippen molar-refractivity contribution in [2.24, 2.45) is 0 Å². The summed E-state index contributed by atoms with van der Waals surface area (Å²) in [6.45, 7) is 1.22. The molecule has 0 saturated heterocycles. The van der Waals surface area contributed by atoms with Gasteiger partial charge >= 0.3 is 5.97 Å². The summed E-state index contributed by atoms with van der Waals surface area (Å²) in [7, 11) is 0. The van der Waals surface area contributed by atoms with Crippen LogP contribution in [0.3, 0.4) is 0 Å². The Morgan fingerprint density at radius 1 is 1.29 bits per heavy atom. The van der Waals surface area contributed by atoms with Crippen molar-refractivity contribution in [2.75, 3.05) is 6.61 Å². The fourth-order valence-corrected chi connectivity index (χ4v) is 1.69. The van der Waals surface area contributed by atoms with Gasteiger partial charge in [-0.25, -0.2) is 9.18 Å². The van der Waals surface area contributed by atoms with Crippen molar-refractivity contribution < 1.29 is 23.1 Å². The van der Waals surface area contributed by atoms with Crippen LogP contribution in [0.15, 0.2) is 41.0 Å². The van der Waals surface area contributed by atoms with Crippen LogP contribution in [0.4, 0.5) is 4.39 Å². The number of rotatable bonds is 5. The zero-order valence-corrected chi connectivity index (χ0v) is 11.4. The number of aryl methyl sites for hydroxylation is 1. The van der Waals surface area contributed by atoms with Crippen LogP contribution in [0.2, 0.25) is 0 Å². The zero-order valence-electron chi connectivity index (χ0n) is 11.4. The van der Waals surface area contributed by atoms with Gasteiger partial charge < -0.3 is 14.5 Å². The van der Waals surface area contributed by atoms with Crippen LogP contribution in [0.25, 0.3) is 0 Å². The Kier molecular flexibility index (Phi) is 4.71. The molecule has 1 N–H and O–H groups in total. The largest absolute Gasteiger partial charge is 0.469 e. The summed E-state index contributed by atoms with van der Waals surface area (Å²) < 4.78 is 23.1. The summed E-state index contributed by atoms with van der Waals surface area (Å²) in [6.07, 6.45) is 1.37. The van der Waals surface area contributed by atoms with Crippen LogP contribution < -0.4 is 5.32 Å². The minimum absolute atomic E-state index is 0.0355. The summed E-state index contributed by atoms with van der Waals surface area (Å²) in [5, 5.41) is 2.48. The number of esters is 1. The van der Waals surface area contributed by atoms with Crippen molar-refractivity contribution in [3.63, 3.8) is 0 Å². The third kappa shape index (κ3) is 3.92. The quantitative estimate of drug-likeness (QED) is 0.857. The van der Waals surface area contributed by atoms with Gasteiger partial charge in [-0.2, -0.15) is 0 Å². The molecule has 6 heteroatoms. The summed E-state index contributed by atoms with van der Waals surface area (Å²) in [5.41, 5.74) is 0.639. The number of carbonyl (C=O) groups excluding carboxylic acids is 2. The van der Waals surface area contributed by atoms with Gasteiger partial charge in [0.1, 0.15) is 17.1 Å². The van der Waals surface area contributed by atoms with Crippen LogP contribution in [0, 0.1) is 12.7 Å². The van der Waals surface area contributed by atoms with Crippen molar-refractivity contribution in [1.82, 2.24) is 5.32 Å². The maximum Gasteiger partial charge on any atom is 0.342 e. The first kappa shape index (κ1) is 14.8. The van der Waals surface area contributed by atoms with Gasteiger partial charge in [-0.05, 0) is 19.1 Å². The van der Waals surface area contributed by atoms with E-state index in [1.807, 2.05) is 0 Å². The maximum absolute atomic E-state index is 13.3. The highest BCUT2D eigenvalue weighted by Crippen LogP contribution is 2.10. The molecule has 0 aliphatic rings. The molecule has 0 aliphatic heterocycles. The molecule has 0 radical (unpaired) electrons. The van der Waals surface area contributed by atoms with Crippen LogP contribution in [0.5, 0.6) is 0 Å². The van der Waals surface area contributed by atoms with Gasteiger partial charge in [0, 0.05) is 12.1 Å². The molecule has 0 atom stereocenters. The van der Waals surface area contributed by atoms with Crippen molar-refractivity contribution in [1.29, 1.82) is 0 Å². The second-order valence-electron chi connectivity index (χ2n) is 4.33. The van der Waals surface area contributed by atoms with Crippen molar-refractivity contribution in [3.8, 4) is 0 Å². The molecule has 0 saturated carbocycles. The van der Waals surface area contributed by atoms with Gasteiger partial charge in [-0.1, -0.05) is 18.2 Å². The van der Waals surface area contributed by atoms with Crippen LogP contribution in [-0.2, 0) is 16.1 Å². The number of ether oxygens (including phenoxy) is 1. The second-order valence-corrected chi connectivity index (χ2v) is 4.33. The number of benzene rings is 1. The van der Waals surface area contributed by atoms with Gasteiger partial charge in [-0.3, -0.25) is 4.79 Å². The van der Waals surface area contributed by atoms with Gasteiger partial charge in [0.2, 0.25) is 0 Å². The number of amides is 1. The second kappa shape index (κ2) is 6.69. The summed E-state index contributed by atoms with van der Waals surface area (Å²) in [6, 6.07) is 7.58. The van der Waals surface area contributed by atoms with Crippen LogP contribution in [-0.4, -0.2) is 18.5 Å². The molecule has 1 amide bonds. The minimum Gasteiger partial charge on any atom is -0.469 e. The Morgan fingerprint density at radius 2 is 2.05 bits per heavy atom. The summed E-state index contributed by atoms with van der Waals surface area (Å²) >= 11 is 0. The molecular weight excluding hydrogens is 277 g/mol. The Bertz CT molecular complexity index is 651. The number of furan rings is 1. The summed E-state index contributed by atoms with van der Waals surface area (Å²) in [5.74, 6) is -1.12. The van der Waals surface area contributed by atoms with Gasteiger partial charge in [0.25, 0.3) is 5.91 Å². The average molecular weight is 291 g/mol. The normalized spacial score (nSPS) is 10.2. The Hall–Kier alpha value is -2.63. The first-order chi connectivity index (χ1) is 10.1. The number of nitrogens with one attached hydrogen (secondary N) is 1. The van der Waals surface area contributed by atoms with E-state index in [4.69, 9.17) is 9.15 Å². The standard InChI is InChI=1S/C15H14FNO4/c1-10-12(6-7-20-10)15(19)21-9-14(18)17-8-11-4-2-3-5-13(11)16/h2-7H,8-9H2,1H3,(H,17,18). The zero-order chi connectivity index (χ0) is 15.2. The monoisotopic (exact) mass is 291 g/mol. The smallest absolute Gasteiger partial charge is 0.342 e. The van der Waals surface area contributed by atoms with Gasteiger partial charge in [0.05, 0.1) is 6.26 Å². The molecule has 110 valence electrons. The number of hydrogen-bond acceptors (Lipinski definition) is 4.